The SMILES string of the molecule is CCCC(F)C(F)(F)C(F)(F)C(F)(F)C(F)(F)C(F)(F)C(F)(F)C(F)(F)C(F)(F)OP(=O)([O-])OCC(O)CCl.[Na+]. The molecule has 0 spiro atoms. The molecule has 0 bridgehead atoms. The van der Waals surface area contributed by atoms with Gasteiger partial charge in [0, 0.05) is 0 Å². The first-order chi connectivity index (χ1) is 16.9. The van der Waals surface area contributed by atoms with Crippen LogP contribution >= 0.6 is 19.4 Å². The first-order valence-electron chi connectivity index (χ1n) is 9.46. The van der Waals surface area contributed by atoms with Crippen molar-refractivity contribution in [2.24, 2.45) is 0 Å². The van der Waals surface area contributed by atoms with Gasteiger partial charge in [-0.3, -0.25) is 4.57 Å². The van der Waals surface area contributed by atoms with Crippen LogP contribution < -0.4 is 34.5 Å². The summed E-state index contributed by atoms with van der Waals surface area (Å²) in [5, 5.41) is 8.85. The van der Waals surface area contributed by atoms with E-state index in [0.29, 0.717) is 0 Å². The fourth-order valence-corrected chi connectivity index (χ4v) is 3.15. The number of phosphoric ester groups is 1. The van der Waals surface area contributed by atoms with Crippen molar-refractivity contribution in [2.45, 2.75) is 79.6 Å². The summed E-state index contributed by atoms with van der Waals surface area (Å²) in [5.41, 5.74) is 0. The third-order valence-corrected chi connectivity index (χ3v) is 5.80. The summed E-state index contributed by atoms with van der Waals surface area (Å²) in [6.07, 6.45) is -17.0. The summed E-state index contributed by atoms with van der Waals surface area (Å²) in [7, 11) is -7.11. The maximum Gasteiger partial charge on any atom is 1.00 e. The monoisotopic (exact) mass is 686 g/mol. The van der Waals surface area contributed by atoms with Gasteiger partial charge in [-0.05, 0) is 6.42 Å². The van der Waals surface area contributed by atoms with Crippen molar-refractivity contribution in [3.63, 3.8) is 0 Å². The van der Waals surface area contributed by atoms with Crippen molar-refractivity contribution in [3.8, 4) is 0 Å². The molecule has 0 aliphatic rings. The average molecular weight is 687 g/mol. The average Bonchev–Trinajstić information content (AvgIpc) is 2.75. The minimum atomic E-state index is -8.86. The van der Waals surface area contributed by atoms with Crippen molar-refractivity contribution in [1.82, 2.24) is 0 Å². The summed E-state index contributed by atoms with van der Waals surface area (Å²) in [6.45, 7) is -1.02. The van der Waals surface area contributed by atoms with Crippen LogP contribution in [0.15, 0.2) is 0 Å². The molecule has 40 heavy (non-hydrogen) atoms. The predicted octanol–water partition coefficient (Wildman–Crippen LogP) is 3.27. The van der Waals surface area contributed by atoms with Gasteiger partial charge in [0.2, 0.25) is 0 Å². The van der Waals surface area contributed by atoms with Crippen LogP contribution in [0, 0.1) is 0 Å². The van der Waals surface area contributed by atoms with Crippen molar-refractivity contribution < 1.29 is 128 Å². The molecule has 0 aliphatic heterocycles. The van der Waals surface area contributed by atoms with Gasteiger partial charge < -0.3 is 14.5 Å². The van der Waals surface area contributed by atoms with Gasteiger partial charge in [-0.1, -0.05) is 13.3 Å². The summed E-state index contributed by atoms with van der Waals surface area (Å²) in [4.78, 5) is 11.1. The maximum absolute atomic E-state index is 13.8. The van der Waals surface area contributed by atoms with E-state index < -0.39 is 93.0 Å². The Morgan fingerprint density at radius 2 is 1.12 bits per heavy atom. The number of aliphatic hydroxyl groups excluding tert-OH is 1. The van der Waals surface area contributed by atoms with E-state index in [4.69, 9.17) is 16.7 Å². The van der Waals surface area contributed by atoms with Crippen LogP contribution in [0.3, 0.4) is 0 Å². The van der Waals surface area contributed by atoms with Crippen LogP contribution in [-0.4, -0.2) is 77.4 Å². The quantitative estimate of drug-likeness (QED) is 0.117. The third-order valence-electron chi connectivity index (χ3n) is 4.52. The van der Waals surface area contributed by atoms with Gasteiger partial charge in [-0.15, -0.1) is 11.6 Å². The molecule has 0 saturated carbocycles. The third kappa shape index (κ3) is 7.10. The standard InChI is InChI=1S/C15H15ClF17O5P.Na/c1-2-3-7(17)8(18,19)9(20,21)10(22,23)11(24,25)12(26,27)13(28,29)14(30,31)15(32,33)38-39(35,36)37-5-6(34)4-16;/h6-7,34H,2-5H2,1H3,(H,35,36);/q;+1/p-1. The fraction of sp³-hybridized carbons (Fsp3) is 1.00. The van der Waals surface area contributed by atoms with E-state index in [1.54, 1.807) is 0 Å². The van der Waals surface area contributed by atoms with E-state index in [2.05, 4.69) is 9.05 Å². The van der Waals surface area contributed by atoms with Crippen LogP contribution in [0.25, 0.3) is 0 Å². The molecule has 0 radical (unpaired) electrons. The molecule has 3 atom stereocenters. The first-order valence-corrected chi connectivity index (χ1v) is 11.5. The van der Waals surface area contributed by atoms with E-state index in [0.717, 1.165) is 6.92 Å². The minimum absolute atomic E-state index is 0. The number of hydrogen-bond acceptors (Lipinski definition) is 5. The van der Waals surface area contributed by atoms with E-state index in [1.807, 2.05) is 0 Å². The summed E-state index contributed by atoms with van der Waals surface area (Å²) < 4.78 is 248. The van der Waals surface area contributed by atoms with Crippen LogP contribution in [-0.2, 0) is 13.6 Å². The summed E-state index contributed by atoms with van der Waals surface area (Å²) in [5.74, 6) is -59.4. The van der Waals surface area contributed by atoms with E-state index in [1.165, 1.54) is 0 Å². The Labute approximate surface area is 239 Å². The molecule has 0 fully saturated rings. The summed E-state index contributed by atoms with van der Waals surface area (Å²) >= 11 is 4.90. The Balaban J connectivity index is 0. The van der Waals surface area contributed by atoms with Gasteiger partial charge in [-0.2, -0.15) is 70.2 Å². The van der Waals surface area contributed by atoms with Crippen molar-refractivity contribution in [3.05, 3.63) is 0 Å². The van der Waals surface area contributed by atoms with E-state index in [-0.39, 0.29) is 29.6 Å². The number of aliphatic hydroxyl groups is 1. The molecule has 25 heteroatoms. The molecule has 0 rings (SSSR count). The van der Waals surface area contributed by atoms with E-state index >= 15 is 0 Å². The Kier molecular flexibility index (Phi) is 13.8. The predicted molar refractivity (Wildman–Crippen MR) is 90.8 cm³/mol. The Morgan fingerprint density at radius 1 is 0.775 bits per heavy atom. The zero-order valence-electron chi connectivity index (χ0n) is 19.3. The topological polar surface area (TPSA) is 78.8 Å². The number of alkyl halides is 18. The Bertz CT molecular complexity index is 893. The second kappa shape index (κ2) is 13.0. The van der Waals surface area contributed by atoms with Crippen LogP contribution in [0.1, 0.15) is 19.8 Å². The van der Waals surface area contributed by atoms with Crippen LogP contribution in [0.2, 0.25) is 0 Å². The van der Waals surface area contributed by atoms with E-state index in [9.17, 15) is 84.1 Å². The summed E-state index contributed by atoms with van der Waals surface area (Å²) in [6, 6.07) is 0. The van der Waals surface area contributed by atoms with Crippen molar-refractivity contribution in [2.75, 3.05) is 12.5 Å². The molecule has 0 aliphatic carbocycles. The molecule has 0 heterocycles. The van der Waals surface area contributed by atoms with Gasteiger partial charge in [0.05, 0.1) is 18.6 Å². The van der Waals surface area contributed by atoms with Crippen molar-refractivity contribution in [1.29, 1.82) is 0 Å². The van der Waals surface area contributed by atoms with Gasteiger partial charge in [-0.25, -0.2) is 8.91 Å². The number of halogens is 18. The van der Waals surface area contributed by atoms with Gasteiger partial charge in [0.1, 0.15) is 0 Å². The second-order valence-electron chi connectivity index (χ2n) is 7.48. The van der Waals surface area contributed by atoms with Crippen LogP contribution in [0.5, 0.6) is 0 Å². The number of rotatable bonds is 16. The minimum Gasteiger partial charge on any atom is -0.756 e. The molecular formula is C15H14ClF17NaO5P. The van der Waals surface area contributed by atoms with Crippen LogP contribution in [0.4, 0.5) is 74.6 Å². The van der Waals surface area contributed by atoms with Gasteiger partial charge in [0.25, 0.3) is 7.82 Å². The molecule has 0 aromatic carbocycles. The first kappa shape index (κ1) is 42.3. The normalized spacial score (nSPS) is 18.1. The number of hydrogen-bond donors (Lipinski definition) is 1. The molecule has 1 N–H and O–H groups in total. The Morgan fingerprint density at radius 3 is 1.48 bits per heavy atom. The smallest absolute Gasteiger partial charge is 0.756 e. The Hall–Kier alpha value is 0.170. The fourth-order valence-electron chi connectivity index (χ4n) is 2.26. The molecule has 5 nitrogen and oxygen atoms in total. The molecule has 3 unspecified atom stereocenters. The largest absolute Gasteiger partial charge is 1.00 e. The van der Waals surface area contributed by atoms with Crippen molar-refractivity contribution >= 4 is 19.4 Å². The molecule has 0 amide bonds. The number of phosphoric acid groups is 1. The molecular weight excluding hydrogens is 673 g/mol. The molecule has 236 valence electrons. The van der Waals surface area contributed by atoms with Gasteiger partial charge in [0.15, 0.2) is 6.17 Å². The molecule has 0 saturated heterocycles. The maximum atomic E-state index is 13.8. The zero-order chi connectivity index (χ0) is 31.9. The van der Waals surface area contributed by atoms with Gasteiger partial charge >= 0.3 is 77.1 Å². The molecule has 0 aromatic heterocycles. The molecule has 0 aromatic rings. The second-order valence-corrected chi connectivity index (χ2v) is 9.13. The zero-order valence-corrected chi connectivity index (χ0v) is 23.0.